The van der Waals surface area contributed by atoms with E-state index in [0.29, 0.717) is 30.2 Å². The van der Waals surface area contributed by atoms with Gasteiger partial charge in [-0.3, -0.25) is 14.0 Å². The molecule has 3 aromatic rings. The highest BCUT2D eigenvalue weighted by molar-refractivity contribution is 5.92. The minimum atomic E-state index is -0.374. The number of hydrogen-bond donors (Lipinski definition) is 3. The van der Waals surface area contributed by atoms with E-state index in [4.69, 9.17) is 4.98 Å². The lowest BCUT2D eigenvalue weighted by Gasteiger charge is -2.17. The number of aromatic nitrogens is 4. The first-order chi connectivity index (χ1) is 14.2. The van der Waals surface area contributed by atoms with Crippen LogP contribution in [0.25, 0.3) is 16.7 Å². The van der Waals surface area contributed by atoms with Gasteiger partial charge in [0, 0.05) is 31.1 Å². The van der Waals surface area contributed by atoms with E-state index in [2.05, 4.69) is 26.1 Å². The molecule has 0 fully saturated rings. The lowest BCUT2D eigenvalue weighted by Crippen LogP contribution is -2.35. The highest BCUT2D eigenvalue weighted by Gasteiger charge is 2.20. The van der Waals surface area contributed by atoms with Crippen LogP contribution in [-0.4, -0.2) is 44.5 Å². The van der Waals surface area contributed by atoms with Gasteiger partial charge in [-0.1, -0.05) is 20.8 Å². The molecule has 0 unspecified atom stereocenters. The van der Waals surface area contributed by atoms with Crippen LogP contribution in [-0.2, 0) is 9.59 Å². The van der Waals surface area contributed by atoms with Crippen LogP contribution in [0, 0.1) is 12.3 Å². The number of nitrogens with one attached hydrogen (secondary N) is 3. The number of nitrogens with zero attached hydrogens (tertiary/aromatic N) is 4. The number of unbranched alkanes of at least 4 members (excludes halogenated alkanes) is 1. The molecule has 30 heavy (non-hydrogen) atoms. The lowest BCUT2D eigenvalue weighted by atomic mass is 9.96. The Hall–Kier alpha value is -3.23. The van der Waals surface area contributed by atoms with Gasteiger partial charge >= 0.3 is 0 Å². The second-order valence-corrected chi connectivity index (χ2v) is 8.39. The second kappa shape index (κ2) is 8.64. The van der Waals surface area contributed by atoms with Crippen LogP contribution >= 0.6 is 0 Å². The summed E-state index contributed by atoms with van der Waals surface area (Å²) in [5.74, 6) is 1.33. The third kappa shape index (κ3) is 4.84. The van der Waals surface area contributed by atoms with Crippen molar-refractivity contribution in [1.82, 2.24) is 24.9 Å². The second-order valence-electron chi connectivity index (χ2n) is 8.39. The Morgan fingerprint density at radius 1 is 1.10 bits per heavy atom. The average molecular weight is 412 g/mol. The molecule has 3 rings (SSSR count). The minimum absolute atomic E-state index is 0.0577. The summed E-state index contributed by atoms with van der Waals surface area (Å²) in [5.41, 5.74) is 2.58. The maximum atomic E-state index is 11.9. The molecule has 0 aliphatic rings. The van der Waals surface area contributed by atoms with Crippen LogP contribution in [0.1, 0.15) is 46.4 Å². The predicted molar refractivity (Wildman–Crippen MR) is 118 cm³/mol. The summed E-state index contributed by atoms with van der Waals surface area (Å²) in [5, 5.41) is 17.5. The average Bonchev–Trinajstić information content (AvgIpc) is 3.05. The third-order valence-electron chi connectivity index (χ3n) is 4.67. The standard InChI is InChI=1S/C21H29N7O2/c1-13-26-27-19-18(22-10-6-7-11-23-20(30)21(3,4)5)25-16-12-15(24-14(2)29)8-9-17(16)28(13)19/h8-9,12H,6-7,10-11H2,1-5H3,(H,22,25)(H,23,30)(H,24,29). The van der Waals surface area contributed by atoms with Crippen LogP contribution in [0.4, 0.5) is 11.5 Å². The quantitative estimate of drug-likeness (QED) is 0.515. The molecule has 2 aromatic heterocycles. The van der Waals surface area contributed by atoms with E-state index in [9.17, 15) is 9.59 Å². The van der Waals surface area contributed by atoms with Crippen molar-refractivity contribution in [2.75, 3.05) is 23.7 Å². The monoisotopic (exact) mass is 411 g/mol. The zero-order chi connectivity index (χ0) is 21.9. The van der Waals surface area contributed by atoms with Crippen LogP contribution < -0.4 is 16.0 Å². The molecule has 0 saturated carbocycles. The molecule has 2 amide bonds. The molecule has 2 heterocycles. The van der Waals surface area contributed by atoms with Gasteiger partial charge in [-0.15, -0.1) is 10.2 Å². The van der Waals surface area contributed by atoms with Crippen molar-refractivity contribution in [2.24, 2.45) is 5.41 Å². The number of amides is 2. The summed E-state index contributed by atoms with van der Waals surface area (Å²) in [6.45, 7) is 10.4. The SMILES string of the molecule is CC(=O)Nc1ccc2c(c1)nc(NCCCCNC(=O)C(C)(C)C)c1nnc(C)n12. The van der Waals surface area contributed by atoms with Crippen molar-refractivity contribution in [3.05, 3.63) is 24.0 Å². The first-order valence-electron chi connectivity index (χ1n) is 10.1. The van der Waals surface area contributed by atoms with Gasteiger partial charge in [-0.05, 0) is 38.0 Å². The highest BCUT2D eigenvalue weighted by Crippen LogP contribution is 2.24. The molecular weight excluding hydrogens is 382 g/mol. The fourth-order valence-electron chi connectivity index (χ4n) is 3.10. The van der Waals surface area contributed by atoms with Gasteiger partial charge in [-0.2, -0.15) is 0 Å². The number of fused-ring (bicyclic) bond motifs is 3. The Labute approximate surface area is 175 Å². The fourth-order valence-corrected chi connectivity index (χ4v) is 3.10. The first-order valence-corrected chi connectivity index (χ1v) is 10.1. The van der Waals surface area contributed by atoms with Gasteiger partial charge < -0.3 is 16.0 Å². The summed E-state index contributed by atoms with van der Waals surface area (Å²) in [6, 6.07) is 5.57. The number of benzene rings is 1. The Bertz CT molecular complexity index is 1080. The molecule has 3 N–H and O–H groups in total. The number of anilines is 2. The van der Waals surface area contributed by atoms with E-state index in [0.717, 1.165) is 29.7 Å². The molecule has 0 saturated heterocycles. The topological polar surface area (TPSA) is 113 Å². The molecule has 160 valence electrons. The Kier molecular flexibility index (Phi) is 6.19. The van der Waals surface area contributed by atoms with E-state index >= 15 is 0 Å². The van der Waals surface area contributed by atoms with Gasteiger partial charge in [0.15, 0.2) is 5.82 Å². The zero-order valence-corrected chi connectivity index (χ0v) is 18.2. The van der Waals surface area contributed by atoms with Gasteiger partial charge in [-0.25, -0.2) is 4.98 Å². The summed E-state index contributed by atoms with van der Waals surface area (Å²) < 4.78 is 1.95. The minimum Gasteiger partial charge on any atom is -0.367 e. The van der Waals surface area contributed by atoms with E-state index < -0.39 is 0 Å². The molecule has 0 aliphatic carbocycles. The summed E-state index contributed by atoms with van der Waals surface area (Å²) in [7, 11) is 0. The van der Waals surface area contributed by atoms with Gasteiger partial charge in [0.2, 0.25) is 17.5 Å². The smallest absolute Gasteiger partial charge is 0.225 e. The number of aryl methyl sites for hydroxylation is 1. The zero-order valence-electron chi connectivity index (χ0n) is 18.2. The molecule has 0 bridgehead atoms. The molecular formula is C21H29N7O2. The van der Waals surface area contributed by atoms with Crippen molar-refractivity contribution in [2.45, 2.75) is 47.5 Å². The van der Waals surface area contributed by atoms with E-state index in [1.54, 1.807) is 0 Å². The maximum Gasteiger partial charge on any atom is 0.225 e. The Morgan fingerprint density at radius 2 is 1.83 bits per heavy atom. The van der Waals surface area contributed by atoms with E-state index in [1.165, 1.54) is 6.92 Å². The largest absolute Gasteiger partial charge is 0.367 e. The third-order valence-corrected chi connectivity index (χ3v) is 4.67. The van der Waals surface area contributed by atoms with Crippen LogP contribution in [0.3, 0.4) is 0 Å². The number of carbonyl (C=O) groups is 2. The van der Waals surface area contributed by atoms with Crippen molar-refractivity contribution < 1.29 is 9.59 Å². The fraction of sp³-hybridized carbons (Fsp3) is 0.476. The molecule has 0 atom stereocenters. The first kappa shape index (κ1) is 21.5. The summed E-state index contributed by atoms with van der Waals surface area (Å²) in [4.78, 5) is 28.0. The summed E-state index contributed by atoms with van der Waals surface area (Å²) in [6.07, 6.45) is 1.73. The van der Waals surface area contributed by atoms with Crippen LogP contribution in [0.2, 0.25) is 0 Å². The van der Waals surface area contributed by atoms with Gasteiger partial charge in [0.05, 0.1) is 11.0 Å². The van der Waals surface area contributed by atoms with Crippen molar-refractivity contribution in [1.29, 1.82) is 0 Å². The van der Waals surface area contributed by atoms with Crippen molar-refractivity contribution in [3.63, 3.8) is 0 Å². The number of carbonyl (C=O) groups excluding carboxylic acids is 2. The van der Waals surface area contributed by atoms with Crippen LogP contribution in [0.5, 0.6) is 0 Å². The number of hydrogen-bond acceptors (Lipinski definition) is 6. The predicted octanol–water partition coefficient (Wildman–Crippen LogP) is 2.90. The highest BCUT2D eigenvalue weighted by atomic mass is 16.2. The molecule has 9 heteroatoms. The van der Waals surface area contributed by atoms with Gasteiger partial charge in [0.1, 0.15) is 5.82 Å². The van der Waals surface area contributed by atoms with E-state index in [1.807, 2.05) is 50.3 Å². The molecule has 0 aliphatic heterocycles. The lowest BCUT2D eigenvalue weighted by molar-refractivity contribution is -0.128. The summed E-state index contributed by atoms with van der Waals surface area (Å²) >= 11 is 0. The van der Waals surface area contributed by atoms with Crippen LogP contribution in [0.15, 0.2) is 18.2 Å². The Balaban J connectivity index is 1.71. The normalized spacial score (nSPS) is 11.6. The van der Waals surface area contributed by atoms with Crippen molar-refractivity contribution in [3.8, 4) is 0 Å². The van der Waals surface area contributed by atoms with Gasteiger partial charge in [0.25, 0.3) is 0 Å². The maximum absolute atomic E-state index is 11.9. The molecule has 9 nitrogen and oxygen atoms in total. The molecule has 0 spiro atoms. The number of rotatable bonds is 7. The molecule has 0 radical (unpaired) electrons. The molecule has 1 aromatic carbocycles. The Morgan fingerprint density at radius 3 is 2.53 bits per heavy atom. The van der Waals surface area contributed by atoms with Crippen molar-refractivity contribution >= 4 is 40.0 Å². The van der Waals surface area contributed by atoms with E-state index in [-0.39, 0.29) is 17.2 Å².